The monoisotopic (exact) mass is 432 g/mol. The molecule has 0 atom stereocenters. The molecule has 0 aromatic heterocycles. The second kappa shape index (κ2) is 9.71. The molecule has 0 radical (unpaired) electrons. The van der Waals surface area contributed by atoms with Crippen LogP contribution < -0.4 is 19.5 Å². The van der Waals surface area contributed by atoms with Crippen molar-refractivity contribution in [2.75, 3.05) is 20.3 Å². The van der Waals surface area contributed by atoms with E-state index in [1.54, 1.807) is 25.3 Å². The maximum atomic E-state index is 12.3. The topological polar surface area (TPSA) is 69.2 Å². The number of hydrogen-bond acceptors (Lipinski definition) is 6. The van der Waals surface area contributed by atoms with Crippen LogP contribution in [0.4, 0.5) is 5.69 Å². The van der Waals surface area contributed by atoms with Gasteiger partial charge in [-0.05, 0) is 73.6 Å². The number of carbonyl (C=O) groups excluding carboxylic acids is 1. The molecule has 0 aliphatic carbocycles. The first kappa shape index (κ1) is 21.1. The predicted octanol–water partition coefficient (Wildman–Crippen LogP) is 5.04. The number of nitrogens with zero attached hydrogens (tertiary/aromatic N) is 1. The first-order valence-electron chi connectivity index (χ1n) is 9.06. The van der Waals surface area contributed by atoms with E-state index in [-0.39, 0.29) is 5.91 Å². The van der Waals surface area contributed by atoms with Crippen LogP contribution >= 0.6 is 23.4 Å². The van der Waals surface area contributed by atoms with Gasteiger partial charge in [-0.2, -0.15) is 0 Å². The molecule has 0 bridgehead atoms. The van der Waals surface area contributed by atoms with Crippen LogP contribution in [-0.4, -0.2) is 31.4 Å². The van der Waals surface area contributed by atoms with Crippen LogP contribution in [0.25, 0.3) is 6.08 Å². The lowest BCUT2D eigenvalue weighted by Gasteiger charge is -2.12. The highest BCUT2D eigenvalue weighted by atomic mass is 35.5. The molecule has 0 spiro atoms. The van der Waals surface area contributed by atoms with Gasteiger partial charge in [0, 0.05) is 0 Å². The van der Waals surface area contributed by atoms with E-state index < -0.39 is 0 Å². The SMILES string of the molecule is CCOc1ccc(N=C2NC(=O)/C(=C\c3cc(Cl)c(OCC)c(OC)c3)S2)cc1. The molecular weight excluding hydrogens is 412 g/mol. The van der Waals surface area contributed by atoms with Gasteiger partial charge in [0.15, 0.2) is 16.7 Å². The molecule has 0 unspecified atom stereocenters. The number of amidine groups is 1. The highest BCUT2D eigenvalue weighted by molar-refractivity contribution is 8.18. The number of benzene rings is 2. The molecule has 1 aliphatic rings. The zero-order chi connectivity index (χ0) is 20.8. The van der Waals surface area contributed by atoms with Gasteiger partial charge in [-0.3, -0.25) is 4.79 Å². The molecule has 29 heavy (non-hydrogen) atoms. The predicted molar refractivity (Wildman–Crippen MR) is 118 cm³/mol. The Kier molecular flexibility index (Phi) is 7.06. The number of halogens is 1. The number of thioether (sulfide) groups is 1. The number of methoxy groups -OCH3 is 1. The van der Waals surface area contributed by atoms with Gasteiger partial charge in [-0.15, -0.1) is 0 Å². The second-order valence-corrected chi connectivity index (χ2v) is 7.31. The van der Waals surface area contributed by atoms with Crippen LogP contribution in [0, 0.1) is 0 Å². The molecule has 1 saturated heterocycles. The van der Waals surface area contributed by atoms with Gasteiger partial charge in [-0.25, -0.2) is 4.99 Å². The first-order chi connectivity index (χ1) is 14.0. The molecule has 152 valence electrons. The van der Waals surface area contributed by atoms with E-state index in [2.05, 4.69) is 10.3 Å². The molecule has 1 aliphatic heterocycles. The fourth-order valence-corrected chi connectivity index (χ4v) is 3.76. The number of carbonyl (C=O) groups is 1. The number of amides is 1. The van der Waals surface area contributed by atoms with Crippen molar-refractivity contribution in [1.82, 2.24) is 5.32 Å². The highest BCUT2D eigenvalue weighted by Gasteiger charge is 2.24. The van der Waals surface area contributed by atoms with Crippen LogP contribution in [0.15, 0.2) is 46.3 Å². The minimum atomic E-state index is -0.219. The molecule has 2 aromatic carbocycles. The molecule has 1 heterocycles. The van der Waals surface area contributed by atoms with Crippen molar-refractivity contribution in [3.05, 3.63) is 51.9 Å². The Morgan fingerprint density at radius 2 is 1.86 bits per heavy atom. The summed E-state index contributed by atoms with van der Waals surface area (Å²) in [6, 6.07) is 10.9. The molecular formula is C21H21ClN2O4S. The van der Waals surface area contributed by atoms with Crippen molar-refractivity contribution >= 4 is 46.2 Å². The molecule has 1 N–H and O–H groups in total. The summed E-state index contributed by atoms with van der Waals surface area (Å²) in [6.07, 6.45) is 1.74. The van der Waals surface area contributed by atoms with Crippen molar-refractivity contribution in [1.29, 1.82) is 0 Å². The minimum Gasteiger partial charge on any atom is -0.494 e. The number of aliphatic imine (C=N–C) groups is 1. The van der Waals surface area contributed by atoms with E-state index >= 15 is 0 Å². The third-order valence-corrected chi connectivity index (χ3v) is 5.06. The van der Waals surface area contributed by atoms with E-state index in [1.165, 1.54) is 11.8 Å². The van der Waals surface area contributed by atoms with E-state index in [4.69, 9.17) is 25.8 Å². The van der Waals surface area contributed by atoms with Crippen molar-refractivity contribution in [3.8, 4) is 17.2 Å². The fourth-order valence-electron chi connectivity index (χ4n) is 2.64. The molecule has 1 fully saturated rings. The van der Waals surface area contributed by atoms with Crippen LogP contribution in [0.1, 0.15) is 19.4 Å². The number of hydrogen-bond donors (Lipinski definition) is 1. The summed E-state index contributed by atoms with van der Waals surface area (Å²) in [7, 11) is 1.55. The zero-order valence-corrected chi connectivity index (χ0v) is 17.9. The Balaban J connectivity index is 1.81. The maximum absolute atomic E-state index is 12.3. The first-order valence-corrected chi connectivity index (χ1v) is 10.3. The van der Waals surface area contributed by atoms with Crippen LogP contribution in [0.2, 0.25) is 5.02 Å². The fraction of sp³-hybridized carbons (Fsp3) is 0.238. The highest BCUT2D eigenvalue weighted by Crippen LogP contribution is 2.38. The summed E-state index contributed by atoms with van der Waals surface area (Å²) in [5.74, 6) is 1.56. The molecule has 2 aromatic rings. The lowest BCUT2D eigenvalue weighted by molar-refractivity contribution is -0.115. The zero-order valence-electron chi connectivity index (χ0n) is 16.3. The average molecular weight is 433 g/mol. The Hall–Kier alpha value is -2.64. The normalized spacial score (nSPS) is 16.2. The quantitative estimate of drug-likeness (QED) is 0.621. The van der Waals surface area contributed by atoms with Gasteiger partial charge in [0.25, 0.3) is 5.91 Å². The number of ether oxygens (including phenoxy) is 3. The molecule has 1 amide bonds. The summed E-state index contributed by atoms with van der Waals surface area (Å²) in [4.78, 5) is 17.3. The van der Waals surface area contributed by atoms with Crippen LogP contribution in [0.5, 0.6) is 17.2 Å². The summed E-state index contributed by atoms with van der Waals surface area (Å²) < 4.78 is 16.3. The summed E-state index contributed by atoms with van der Waals surface area (Å²) >= 11 is 7.57. The van der Waals surface area contributed by atoms with Gasteiger partial charge in [0.2, 0.25) is 0 Å². The molecule has 0 saturated carbocycles. The van der Waals surface area contributed by atoms with Gasteiger partial charge in [-0.1, -0.05) is 11.6 Å². The largest absolute Gasteiger partial charge is 0.494 e. The number of nitrogens with one attached hydrogen (secondary N) is 1. The third kappa shape index (κ3) is 5.25. The van der Waals surface area contributed by atoms with Crippen LogP contribution in [-0.2, 0) is 4.79 Å². The second-order valence-electron chi connectivity index (χ2n) is 5.88. The summed E-state index contributed by atoms with van der Waals surface area (Å²) in [5, 5.41) is 3.70. The minimum absolute atomic E-state index is 0.219. The van der Waals surface area contributed by atoms with Gasteiger partial charge >= 0.3 is 0 Å². The molecule has 3 rings (SSSR count). The number of rotatable bonds is 7. The van der Waals surface area contributed by atoms with Crippen molar-refractivity contribution < 1.29 is 19.0 Å². The lowest BCUT2D eigenvalue weighted by Crippen LogP contribution is -2.19. The summed E-state index contributed by atoms with van der Waals surface area (Å²) in [5.41, 5.74) is 1.46. The maximum Gasteiger partial charge on any atom is 0.264 e. The summed E-state index contributed by atoms with van der Waals surface area (Å²) in [6.45, 7) is 4.88. The van der Waals surface area contributed by atoms with Crippen LogP contribution in [0.3, 0.4) is 0 Å². The molecule has 8 heteroatoms. The van der Waals surface area contributed by atoms with E-state index in [0.717, 1.165) is 17.0 Å². The average Bonchev–Trinajstić information content (AvgIpc) is 3.04. The van der Waals surface area contributed by atoms with Gasteiger partial charge in [0.1, 0.15) is 5.75 Å². The standard InChI is InChI=1S/C21H21ClN2O4S/c1-4-27-15-8-6-14(7-9-15)23-21-24-20(25)18(29-21)12-13-10-16(22)19(28-5-2)17(11-13)26-3/h6-12H,4-5H2,1-3H3,(H,23,24,25)/b18-12+. The lowest BCUT2D eigenvalue weighted by atomic mass is 10.2. The third-order valence-electron chi connectivity index (χ3n) is 3.87. The van der Waals surface area contributed by atoms with Gasteiger partial charge < -0.3 is 19.5 Å². The Labute approximate surface area is 178 Å². The van der Waals surface area contributed by atoms with Gasteiger partial charge in [0.05, 0.1) is 35.9 Å². The smallest absolute Gasteiger partial charge is 0.264 e. The Bertz CT molecular complexity index is 958. The van der Waals surface area contributed by atoms with E-state index in [9.17, 15) is 4.79 Å². The molecule has 6 nitrogen and oxygen atoms in total. The Morgan fingerprint density at radius 3 is 2.52 bits per heavy atom. The van der Waals surface area contributed by atoms with Crippen molar-refractivity contribution in [2.24, 2.45) is 4.99 Å². The van der Waals surface area contributed by atoms with Crippen molar-refractivity contribution in [3.63, 3.8) is 0 Å². The van der Waals surface area contributed by atoms with Crippen molar-refractivity contribution in [2.45, 2.75) is 13.8 Å². The Morgan fingerprint density at radius 1 is 1.14 bits per heavy atom. The van der Waals surface area contributed by atoms with E-state index in [0.29, 0.717) is 39.8 Å². The van der Waals surface area contributed by atoms with E-state index in [1.807, 2.05) is 38.1 Å².